The number of hydrogen-bond acceptors (Lipinski definition) is 6. The van der Waals surface area contributed by atoms with E-state index < -0.39 is 0 Å². The summed E-state index contributed by atoms with van der Waals surface area (Å²) in [5.41, 5.74) is 2.57. The van der Waals surface area contributed by atoms with Crippen LogP contribution < -0.4 is 9.64 Å². The number of anilines is 1. The summed E-state index contributed by atoms with van der Waals surface area (Å²) in [6, 6.07) is 13.1. The first-order chi connectivity index (χ1) is 20.4. The number of fused-ring (bicyclic) bond motifs is 1. The molecule has 2 atom stereocenters. The van der Waals surface area contributed by atoms with E-state index in [4.69, 9.17) is 4.74 Å². The van der Waals surface area contributed by atoms with Crippen molar-refractivity contribution in [1.82, 2.24) is 14.7 Å². The summed E-state index contributed by atoms with van der Waals surface area (Å²) >= 11 is 0. The van der Waals surface area contributed by atoms with E-state index in [1.807, 2.05) is 60.0 Å². The molecule has 5 rings (SSSR count). The molecule has 0 N–H and O–H groups in total. The van der Waals surface area contributed by atoms with E-state index in [1.165, 1.54) is 4.90 Å². The van der Waals surface area contributed by atoms with Gasteiger partial charge in [-0.1, -0.05) is 18.2 Å². The highest BCUT2D eigenvalue weighted by Crippen LogP contribution is 2.35. The van der Waals surface area contributed by atoms with Gasteiger partial charge in [-0.05, 0) is 75.8 Å². The van der Waals surface area contributed by atoms with Crippen LogP contribution >= 0.6 is 0 Å². The van der Waals surface area contributed by atoms with Gasteiger partial charge >= 0.3 is 0 Å². The van der Waals surface area contributed by atoms with Crippen LogP contribution in [0.3, 0.4) is 0 Å². The Morgan fingerprint density at radius 3 is 2.43 bits per heavy atom. The molecule has 4 amide bonds. The second-order valence-corrected chi connectivity index (χ2v) is 11.5. The highest BCUT2D eigenvalue weighted by atomic mass is 16.5. The summed E-state index contributed by atoms with van der Waals surface area (Å²) in [6.45, 7) is 7.97. The van der Waals surface area contributed by atoms with Crippen LogP contribution in [0.25, 0.3) is 0 Å². The predicted molar refractivity (Wildman–Crippen MR) is 161 cm³/mol. The minimum absolute atomic E-state index is 0.0895. The highest BCUT2D eigenvalue weighted by Gasteiger charge is 2.40. The van der Waals surface area contributed by atoms with Crippen molar-refractivity contribution in [3.05, 3.63) is 59.2 Å². The van der Waals surface area contributed by atoms with Crippen molar-refractivity contribution in [3.63, 3.8) is 0 Å². The van der Waals surface area contributed by atoms with E-state index in [9.17, 15) is 19.2 Å². The van der Waals surface area contributed by atoms with Crippen molar-refractivity contribution in [2.75, 3.05) is 57.8 Å². The van der Waals surface area contributed by atoms with Gasteiger partial charge in [-0.3, -0.25) is 24.1 Å². The number of ether oxygens (including phenoxy) is 1. The molecular formula is C33H42N4O5. The lowest BCUT2D eigenvalue weighted by Gasteiger charge is -2.39. The van der Waals surface area contributed by atoms with Gasteiger partial charge in [0.2, 0.25) is 11.8 Å². The Kier molecular flexibility index (Phi) is 9.14. The summed E-state index contributed by atoms with van der Waals surface area (Å²) in [4.78, 5) is 60.8. The van der Waals surface area contributed by atoms with Crippen LogP contribution in [0.4, 0.5) is 5.69 Å². The van der Waals surface area contributed by atoms with E-state index >= 15 is 0 Å². The first-order valence-electron chi connectivity index (χ1n) is 15.3. The molecule has 2 aromatic rings. The van der Waals surface area contributed by atoms with Gasteiger partial charge in [0, 0.05) is 45.8 Å². The van der Waals surface area contributed by atoms with E-state index in [-0.39, 0.29) is 42.0 Å². The Labute approximate surface area is 248 Å². The molecule has 0 aromatic heterocycles. The van der Waals surface area contributed by atoms with Gasteiger partial charge in [0.05, 0.1) is 35.8 Å². The van der Waals surface area contributed by atoms with Crippen LogP contribution in [0.5, 0.6) is 5.75 Å². The van der Waals surface area contributed by atoms with Crippen molar-refractivity contribution in [2.45, 2.75) is 46.0 Å². The van der Waals surface area contributed by atoms with Crippen molar-refractivity contribution in [1.29, 1.82) is 0 Å². The Balaban J connectivity index is 1.27. The second kappa shape index (κ2) is 13.0. The van der Waals surface area contributed by atoms with Crippen molar-refractivity contribution >= 4 is 29.3 Å². The molecule has 3 aliphatic heterocycles. The maximum absolute atomic E-state index is 13.7. The zero-order chi connectivity index (χ0) is 29.8. The summed E-state index contributed by atoms with van der Waals surface area (Å²) in [6.07, 6.45) is 3.77. The molecule has 3 heterocycles. The summed E-state index contributed by atoms with van der Waals surface area (Å²) in [5.74, 6) is 0.0483. The first-order valence-corrected chi connectivity index (χ1v) is 15.3. The minimum atomic E-state index is -0.282. The molecule has 42 heavy (non-hydrogen) atoms. The zero-order valence-electron chi connectivity index (χ0n) is 25.0. The largest absolute Gasteiger partial charge is 0.497 e. The monoisotopic (exact) mass is 574 g/mol. The molecule has 0 saturated carbocycles. The van der Waals surface area contributed by atoms with Crippen molar-refractivity contribution in [2.24, 2.45) is 11.8 Å². The standard InChI is InChI=1S/C33H42N4O5/c1-4-34(5-2)30(38)25-12-9-18-36(22-25)31(39)24-11-8-17-35(21-24)28-15-7-14-27-29(28)33(41)37(32(27)40)19-16-23-10-6-13-26(20-23)42-3/h6-7,10,13-15,20,24-25H,4-5,8-9,11-12,16-19,21-22H2,1-3H3. The zero-order valence-corrected chi connectivity index (χ0v) is 25.0. The molecule has 3 aliphatic rings. The smallest absolute Gasteiger partial charge is 0.263 e. The summed E-state index contributed by atoms with van der Waals surface area (Å²) < 4.78 is 5.30. The van der Waals surface area contributed by atoms with Gasteiger partial charge < -0.3 is 19.4 Å². The quantitative estimate of drug-likeness (QED) is 0.423. The molecule has 9 heteroatoms. The summed E-state index contributed by atoms with van der Waals surface area (Å²) in [7, 11) is 1.61. The van der Waals surface area contributed by atoms with Crippen LogP contribution in [-0.4, -0.2) is 91.3 Å². The van der Waals surface area contributed by atoms with Crippen LogP contribution in [0, 0.1) is 11.8 Å². The maximum Gasteiger partial charge on any atom is 0.263 e. The van der Waals surface area contributed by atoms with Crippen LogP contribution in [0.15, 0.2) is 42.5 Å². The molecule has 2 aromatic carbocycles. The van der Waals surface area contributed by atoms with Gasteiger partial charge in [0.1, 0.15) is 5.75 Å². The number of carbonyl (C=O) groups excluding carboxylic acids is 4. The molecular weight excluding hydrogens is 532 g/mol. The van der Waals surface area contributed by atoms with Gasteiger partial charge in [-0.25, -0.2) is 0 Å². The lowest BCUT2D eigenvalue weighted by Crippen LogP contribution is -2.50. The third-order valence-electron chi connectivity index (χ3n) is 9.00. The first kappa shape index (κ1) is 29.6. The molecule has 2 saturated heterocycles. The fraction of sp³-hybridized carbons (Fsp3) is 0.515. The molecule has 0 radical (unpaired) electrons. The molecule has 0 spiro atoms. The Hall–Kier alpha value is -3.88. The number of amides is 4. The fourth-order valence-electron chi connectivity index (χ4n) is 6.68. The van der Waals surface area contributed by atoms with Gasteiger partial charge in [-0.2, -0.15) is 0 Å². The van der Waals surface area contributed by atoms with Gasteiger partial charge in [-0.15, -0.1) is 0 Å². The SMILES string of the molecule is CCN(CC)C(=O)C1CCCN(C(=O)C2CCCN(c3cccc4c3C(=O)N(CCc3cccc(OC)c3)C4=O)C2)C1. The highest BCUT2D eigenvalue weighted by molar-refractivity contribution is 6.23. The molecule has 0 aliphatic carbocycles. The number of piperidine rings is 2. The molecule has 9 nitrogen and oxygen atoms in total. The lowest BCUT2D eigenvalue weighted by molar-refractivity contribution is -0.142. The average molecular weight is 575 g/mol. The van der Waals surface area contributed by atoms with Crippen LogP contribution in [0.1, 0.15) is 65.8 Å². The number of benzene rings is 2. The molecule has 224 valence electrons. The number of nitrogens with zero attached hydrogens (tertiary/aromatic N) is 4. The molecule has 2 fully saturated rings. The van der Waals surface area contributed by atoms with E-state index in [0.717, 1.165) is 42.7 Å². The Morgan fingerprint density at radius 2 is 1.67 bits per heavy atom. The number of rotatable bonds is 9. The van der Waals surface area contributed by atoms with Crippen molar-refractivity contribution in [3.8, 4) is 5.75 Å². The van der Waals surface area contributed by atoms with Crippen molar-refractivity contribution < 1.29 is 23.9 Å². The normalized spacial score (nSPS) is 20.5. The number of hydrogen-bond donors (Lipinski definition) is 0. The number of carbonyl (C=O) groups is 4. The molecule has 0 bridgehead atoms. The van der Waals surface area contributed by atoms with Crippen LogP contribution in [0.2, 0.25) is 0 Å². The van der Waals surface area contributed by atoms with Crippen LogP contribution in [-0.2, 0) is 16.0 Å². The third-order valence-corrected chi connectivity index (χ3v) is 9.00. The number of imide groups is 1. The Bertz CT molecular complexity index is 1340. The third kappa shape index (κ3) is 5.87. The Morgan fingerprint density at radius 1 is 0.929 bits per heavy atom. The average Bonchev–Trinajstić information content (AvgIpc) is 3.28. The van der Waals surface area contributed by atoms with E-state index in [2.05, 4.69) is 4.90 Å². The topological polar surface area (TPSA) is 90.5 Å². The second-order valence-electron chi connectivity index (χ2n) is 11.5. The number of likely N-dealkylation sites (tertiary alicyclic amines) is 1. The minimum Gasteiger partial charge on any atom is -0.497 e. The molecule has 2 unspecified atom stereocenters. The van der Waals surface area contributed by atoms with Gasteiger partial charge in [0.25, 0.3) is 11.8 Å². The summed E-state index contributed by atoms with van der Waals surface area (Å²) in [5, 5.41) is 0. The lowest BCUT2D eigenvalue weighted by atomic mass is 9.91. The predicted octanol–water partition coefficient (Wildman–Crippen LogP) is 3.86. The van der Waals surface area contributed by atoms with E-state index in [1.54, 1.807) is 13.2 Å². The fourth-order valence-corrected chi connectivity index (χ4v) is 6.68. The van der Waals surface area contributed by atoms with E-state index in [0.29, 0.717) is 56.8 Å². The maximum atomic E-state index is 13.7. The van der Waals surface area contributed by atoms with Gasteiger partial charge in [0.15, 0.2) is 0 Å². The number of methoxy groups -OCH3 is 1.